The SMILES string of the molecule is CC1(C)OB(C(F)=CC2(C(F)(F)F)CCCC2)OC1(C)C. The minimum Gasteiger partial charge on any atom is -0.398 e. The number of hydrogen-bond donors (Lipinski definition) is 0. The quantitative estimate of drug-likeness (QED) is 0.548. The lowest BCUT2D eigenvalue weighted by molar-refractivity contribution is -0.204. The predicted octanol–water partition coefficient (Wildman–Crippen LogP) is 4.59. The van der Waals surface area contributed by atoms with Crippen molar-refractivity contribution in [3.63, 3.8) is 0 Å². The second-order valence-electron chi connectivity index (χ2n) is 6.98. The van der Waals surface area contributed by atoms with Crippen LogP contribution in [-0.4, -0.2) is 24.5 Å². The number of rotatable bonds is 2. The molecule has 2 fully saturated rings. The van der Waals surface area contributed by atoms with Gasteiger partial charge in [-0.3, -0.25) is 0 Å². The fourth-order valence-electron chi connectivity index (χ4n) is 2.80. The van der Waals surface area contributed by atoms with Crippen molar-refractivity contribution in [3.05, 3.63) is 11.8 Å². The smallest absolute Gasteiger partial charge is 0.398 e. The van der Waals surface area contributed by atoms with Gasteiger partial charge < -0.3 is 9.31 Å². The largest absolute Gasteiger partial charge is 0.524 e. The molecule has 0 radical (unpaired) electrons. The average Bonchev–Trinajstić information content (AvgIpc) is 2.83. The van der Waals surface area contributed by atoms with Gasteiger partial charge in [-0.05, 0) is 46.6 Å². The molecule has 0 unspecified atom stereocenters. The lowest BCUT2D eigenvalue weighted by Gasteiger charge is -2.32. The molecule has 1 saturated heterocycles. The lowest BCUT2D eigenvalue weighted by Crippen LogP contribution is -2.41. The summed E-state index contributed by atoms with van der Waals surface area (Å²) < 4.78 is 65.1. The van der Waals surface area contributed by atoms with Crippen LogP contribution in [0.3, 0.4) is 0 Å². The molecule has 0 bridgehead atoms. The Kier molecular flexibility index (Phi) is 3.99. The third kappa shape index (κ3) is 2.87. The van der Waals surface area contributed by atoms with E-state index in [2.05, 4.69) is 0 Å². The zero-order chi connectivity index (χ0) is 16.1. The molecule has 0 spiro atoms. The highest BCUT2D eigenvalue weighted by atomic mass is 19.4. The highest BCUT2D eigenvalue weighted by Crippen LogP contribution is 2.52. The van der Waals surface area contributed by atoms with Crippen LogP contribution < -0.4 is 0 Å². The molecule has 0 atom stereocenters. The molecule has 0 aromatic rings. The van der Waals surface area contributed by atoms with Gasteiger partial charge in [0.2, 0.25) is 0 Å². The van der Waals surface area contributed by atoms with Crippen LogP contribution in [0.5, 0.6) is 0 Å². The third-order valence-corrected chi connectivity index (χ3v) is 4.95. The molecule has 0 amide bonds. The molecule has 2 aliphatic rings. The van der Waals surface area contributed by atoms with E-state index in [1.165, 1.54) is 0 Å². The first-order valence-corrected chi connectivity index (χ1v) is 7.21. The number of allylic oxidation sites excluding steroid dienone is 1. The summed E-state index contributed by atoms with van der Waals surface area (Å²) in [5.74, 6) is 0. The molecule has 120 valence electrons. The first-order valence-electron chi connectivity index (χ1n) is 7.21. The van der Waals surface area contributed by atoms with Crippen LogP contribution in [0.4, 0.5) is 17.6 Å². The van der Waals surface area contributed by atoms with Crippen LogP contribution in [0.15, 0.2) is 11.8 Å². The molecule has 2 rings (SSSR count). The van der Waals surface area contributed by atoms with Gasteiger partial charge in [0.25, 0.3) is 0 Å². The minimum absolute atomic E-state index is 0.0799. The van der Waals surface area contributed by atoms with Gasteiger partial charge in [-0.25, -0.2) is 4.39 Å². The molecule has 1 heterocycles. The van der Waals surface area contributed by atoms with Crippen molar-refractivity contribution >= 4 is 7.12 Å². The van der Waals surface area contributed by atoms with Gasteiger partial charge in [0.1, 0.15) is 5.73 Å². The fourth-order valence-corrected chi connectivity index (χ4v) is 2.80. The van der Waals surface area contributed by atoms with Gasteiger partial charge in [0.15, 0.2) is 0 Å². The lowest BCUT2D eigenvalue weighted by atomic mass is 9.78. The van der Waals surface area contributed by atoms with Crippen LogP contribution in [0, 0.1) is 5.41 Å². The van der Waals surface area contributed by atoms with E-state index < -0.39 is 35.6 Å². The second kappa shape index (κ2) is 4.98. The van der Waals surface area contributed by atoms with E-state index in [1.807, 2.05) is 0 Å². The van der Waals surface area contributed by atoms with E-state index in [1.54, 1.807) is 27.7 Å². The van der Waals surface area contributed by atoms with Gasteiger partial charge in [-0.2, -0.15) is 13.2 Å². The highest BCUT2D eigenvalue weighted by Gasteiger charge is 2.57. The van der Waals surface area contributed by atoms with Gasteiger partial charge >= 0.3 is 13.3 Å². The Morgan fingerprint density at radius 3 is 1.81 bits per heavy atom. The van der Waals surface area contributed by atoms with E-state index in [4.69, 9.17) is 9.31 Å². The Balaban J connectivity index is 2.25. The van der Waals surface area contributed by atoms with Gasteiger partial charge in [-0.15, -0.1) is 0 Å². The maximum absolute atomic E-state index is 14.3. The Morgan fingerprint density at radius 2 is 1.43 bits per heavy atom. The van der Waals surface area contributed by atoms with E-state index in [0.29, 0.717) is 18.9 Å². The summed E-state index contributed by atoms with van der Waals surface area (Å²) in [6.45, 7) is 6.93. The molecule has 0 N–H and O–H groups in total. The Labute approximate surface area is 123 Å². The van der Waals surface area contributed by atoms with Crippen LogP contribution in [0.1, 0.15) is 53.4 Å². The van der Waals surface area contributed by atoms with Crippen molar-refractivity contribution in [1.82, 2.24) is 0 Å². The maximum Gasteiger partial charge on any atom is 0.524 e. The molecule has 2 nitrogen and oxygen atoms in total. The van der Waals surface area contributed by atoms with Crippen LogP contribution >= 0.6 is 0 Å². The molecule has 0 aromatic carbocycles. The molecule has 21 heavy (non-hydrogen) atoms. The molecule has 1 saturated carbocycles. The summed E-state index contributed by atoms with van der Waals surface area (Å²) in [7, 11) is -1.37. The first kappa shape index (κ1) is 16.8. The van der Waals surface area contributed by atoms with Crippen molar-refractivity contribution in [1.29, 1.82) is 0 Å². The molecule has 7 heteroatoms. The predicted molar refractivity (Wildman–Crippen MR) is 72.2 cm³/mol. The van der Waals surface area contributed by atoms with Crippen molar-refractivity contribution in [2.45, 2.75) is 70.8 Å². The Hall–Kier alpha value is -0.555. The van der Waals surface area contributed by atoms with E-state index in [9.17, 15) is 17.6 Å². The standard InChI is InChI=1S/C14H21BF4O2/c1-11(2)12(3,4)21-15(20-11)10(16)9-13(14(17,18)19)7-5-6-8-13/h9H,5-8H2,1-4H3. The average molecular weight is 308 g/mol. The fraction of sp³-hybridized carbons (Fsp3) is 0.857. The van der Waals surface area contributed by atoms with Gasteiger partial charge in [0.05, 0.1) is 16.6 Å². The van der Waals surface area contributed by atoms with Crippen LogP contribution in [0.25, 0.3) is 0 Å². The second-order valence-corrected chi connectivity index (χ2v) is 6.98. The van der Waals surface area contributed by atoms with Crippen molar-refractivity contribution < 1.29 is 26.9 Å². The number of hydrogen-bond acceptors (Lipinski definition) is 2. The topological polar surface area (TPSA) is 18.5 Å². The highest BCUT2D eigenvalue weighted by molar-refractivity contribution is 6.53. The van der Waals surface area contributed by atoms with Crippen molar-refractivity contribution in [2.75, 3.05) is 0 Å². The number of halogens is 4. The molecule has 1 aliphatic heterocycles. The van der Waals surface area contributed by atoms with Crippen molar-refractivity contribution in [2.24, 2.45) is 5.41 Å². The third-order valence-electron chi connectivity index (χ3n) is 4.95. The zero-order valence-electron chi connectivity index (χ0n) is 12.8. The summed E-state index contributed by atoms with van der Waals surface area (Å²) in [5.41, 5.74) is -4.61. The van der Waals surface area contributed by atoms with Crippen molar-refractivity contribution in [3.8, 4) is 0 Å². The summed E-state index contributed by atoms with van der Waals surface area (Å²) in [5, 5.41) is 0. The normalized spacial score (nSPS) is 28.2. The zero-order valence-corrected chi connectivity index (χ0v) is 12.8. The molecule has 1 aliphatic carbocycles. The monoisotopic (exact) mass is 308 g/mol. The Morgan fingerprint density at radius 1 is 1.00 bits per heavy atom. The van der Waals surface area contributed by atoms with E-state index >= 15 is 0 Å². The number of alkyl halides is 3. The van der Waals surface area contributed by atoms with E-state index in [0.717, 1.165) is 0 Å². The van der Waals surface area contributed by atoms with Crippen LogP contribution in [0.2, 0.25) is 0 Å². The summed E-state index contributed by atoms with van der Waals surface area (Å²) >= 11 is 0. The molecular formula is C14H21BF4O2. The maximum atomic E-state index is 14.3. The summed E-state index contributed by atoms with van der Waals surface area (Å²) in [4.78, 5) is 0. The van der Waals surface area contributed by atoms with E-state index in [-0.39, 0.29) is 12.8 Å². The summed E-state index contributed by atoms with van der Waals surface area (Å²) in [6, 6.07) is 0. The molecule has 0 aromatic heterocycles. The van der Waals surface area contributed by atoms with Gasteiger partial charge in [-0.1, -0.05) is 12.8 Å². The molecular weight excluding hydrogens is 287 g/mol. The summed E-state index contributed by atoms with van der Waals surface area (Å²) in [6.07, 6.45) is -3.03. The Bertz CT molecular complexity index is 421. The van der Waals surface area contributed by atoms with Gasteiger partial charge in [0, 0.05) is 0 Å². The van der Waals surface area contributed by atoms with Crippen LogP contribution in [-0.2, 0) is 9.31 Å². The minimum atomic E-state index is -4.45. The first-order chi connectivity index (χ1) is 9.40.